The van der Waals surface area contributed by atoms with E-state index in [0.717, 1.165) is 6.07 Å². The van der Waals surface area contributed by atoms with Crippen LogP contribution >= 0.6 is 0 Å². The fourth-order valence-electron chi connectivity index (χ4n) is 1.02. The molecule has 3 nitrogen and oxygen atoms in total. The molecule has 1 aromatic rings. The molecular weight excluding hydrogens is 221 g/mol. The molecular formula is C10H11F3N2O. The van der Waals surface area contributed by atoms with Gasteiger partial charge in [0.25, 0.3) is 0 Å². The topological polar surface area (TPSA) is 41.1 Å². The molecule has 0 aromatic heterocycles. The maximum atomic E-state index is 13.1. The van der Waals surface area contributed by atoms with Gasteiger partial charge < -0.3 is 10.6 Å². The van der Waals surface area contributed by atoms with Gasteiger partial charge in [-0.2, -0.15) is 0 Å². The molecule has 1 unspecified atom stereocenters. The second-order valence-corrected chi connectivity index (χ2v) is 3.25. The van der Waals surface area contributed by atoms with Crippen molar-refractivity contribution in [3.63, 3.8) is 0 Å². The Balaban J connectivity index is 2.93. The number of nitrogens with one attached hydrogen (secondary N) is 2. The Morgan fingerprint density at radius 3 is 2.50 bits per heavy atom. The summed E-state index contributed by atoms with van der Waals surface area (Å²) in [6.45, 7) is 1.53. The highest BCUT2D eigenvalue weighted by atomic mass is 19.2. The monoisotopic (exact) mass is 232 g/mol. The van der Waals surface area contributed by atoms with Gasteiger partial charge in [-0.3, -0.25) is 4.79 Å². The maximum absolute atomic E-state index is 13.1. The summed E-state index contributed by atoms with van der Waals surface area (Å²) < 4.78 is 38.7. The van der Waals surface area contributed by atoms with Crippen LogP contribution in [0.15, 0.2) is 12.1 Å². The SMILES string of the molecule is CNC(C)C(=O)Nc1cc(F)cc(F)c1F. The van der Waals surface area contributed by atoms with Gasteiger partial charge in [0.1, 0.15) is 5.82 Å². The summed E-state index contributed by atoms with van der Waals surface area (Å²) in [5.41, 5.74) is -0.510. The third-order valence-corrected chi connectivity index (χ3v) is 2.08. The molecule has 0 spiro atoms. The Kier molecular flexibility index (Phi) is 3.89. The van der Waals surface area contributed by atoms with E-state index in [1.807, 2.05) is 0 Å². The highest BCUT2D eigenvalue weighted by Gasteiger charge is 2.16. The normalized spacial score (nSPS) is 12.3. The lowest BCUT2D eigenvalue weighted by atomic mass is 10.2. The molecule has 1 aromatic carbocycles. The van der Waals surface area contributed by atoms with E-state index in [4.69, 9.17) is 0 Å². The highest BCUT2D eigenvalue weighted by molar-refractivity contribution is 5.94. The Morgan fingerprint density at radius 1 is 1.31 bits per heavy atom. The molecule has 0 bridgehead atoms. The van der Waals surface area contributed by atoms with Crippen molar-refractivity contribution in [2.45, 2.75) is 13.0 Å². The minimum atomic E-state index is -1.34. The van der Waals surface area contributed by atoms with Crippen molar-refractivity contribution in [1.82, 2.24) is 5.32 Å². The van der Waals surface area contributed by atoms with Gasteiger partial charge >= 0.3 is 0 Å². The van der Waals surface area contributed by atoms with Crippen molar-refractivity contribution in [2.75, 3.05) is 12.4 Å². The first-order valence-electron chi connectivity index (χ1n) is 4.58. The third-order valence-electron chi connectivity index (χ3n) is 2.08. The van der Waals surface area contributed by atoms with Gasteiger partial charge in [-0.1, -0.05) is 0 Å². The van der Waals surface area contributed by atoms with E-state index in [1.165, 1.54) is 14.0 Å². The van der Waals surface area contributed by atoms with Crippen LogP contribution in [0, 0.1) is 17.5 Å². The van der Waals surface area contributed by atoms with Crippen LogP contribution in [0.25, 0.3) is 0 Å². The standard InChI is InChI=1S/C10H11F3N2O/c1-5(14-2)10(16)15-8-4-6(11)3-7(12)9(8)13/h3-5,14H,1-2H3,(H,15,16). The molecule has 1 amide bonds. The number of benzene rings is 1. The molecule has 0 aliphatic heterocycles. The summed E-state index contributed by atoms with van der Waals surface area (Å²) in [6, 6.07) is 0.538. The number of anilines is 1. The molecule has 1 rings (SSSR count). The Labute approximate surface area is 90.6 Å². The Bertz CT molecular complexity index is 409. The van der Waals surface area contributed by atoms with E-state index in [1.54, 1.807) is 0 Å². The number of halogens is 3. The van der Waals surface area contributed by atoms with E-state index in [0.29, 0.717) is 6.07 Å². The quantitative estimate of drug-likeness (QED) is 0.778. The fourth-order valence-corrected chi connectivity index (χ4v) is 1.02. The summed E-state index contributed by atoms with van der Waals surface area (Å²) in [6.07, 6.45) is 0. The lowest BCUT2D eigenvalue weighted by Gasteiger charge is -2.11. The molecule has 0 saturated carbocycles. The zero-order valence-corrected chi connectivity index (χ0v) is 8.77. The van der Waals surface area contributed by atoms with Crippen molar-refractivity contribution >= 4 is 11.6 Å². The maximum Gasteiger partial charge on any atom is 0.241 e. The molecule has 0 saturated heterocycles. The fraction of sp³-hybridized carbons (Fsp3) is 0.300. The van der Waals surface area contributed by atoms with Crippen LogP contribution < -0.4 is 10.6 Å². The average Bonchev–Trinajstić information content (AvgIpc) is 2.23. The molecule has 16 heavy (non-hydrogen) atoms. The molecule has 0 aliphatic carbocycles. The van der Waals surface area contributed by atoms with Crippen LogP contribution in [0.3, 0.4) is 0 Å². The Morgan fingerprint density at radius 2 is 1.94 bits per heavy atom. The van der Waals surface area contributed by atoms with Crippen molar-refractivity contribution < 1.29 is 18.0 Å². The summed E-state index contributed by atoms with van der Waals surface area (Å²) in [4.78, 5) is 11.3. The van der Waals surface area contributed by atoms with E-state index in [-0.39, 0.29) is 0 Å². The second kappa shape index (κ2) is 4.98. The average molecular weight is 232 g/mol. The minimum Gasteiger partial charge on any atom is -0.322 e. The van der Waals surface area contributed by atoms with Crippen LogP contribution in [-0.2, 0) is 4.79 Å². The van der Waals surface area contributed by atoms with Gasteiger partial charge in [-0.05, 0) is 14.0 Å². The molecule has 0 radical (unpaired) electrons. The minimum absolute atomic E-state index is 0.409. The number of amides is 1. The van der Waals surface area contributed by atoms with Gasteiger partial charge in [0, 0.05) is 12.1 Å². The zero-order valence-electron chi connectivity index (χ0n) is 8.77. The first kappa shape index (κ1) is 12.5. The lowest BCUT2D eigenvalue weighted by molar-refractivity contribution is -0.117. The molecule has 88 valence electrons. The van der Waals surface area contributed by atoms with Crippen molar-refractivity contribution in [2.24, 2.45) is 0 Å². The van der Waals surface area contributed by atoms with Crippen molar-refractivity contribution in [1.29, 1.82) is 0 Å². The number of rotatable bonds is 3. The smallest absolute Gasteiger partial charge is 0.241 e. The summed E-state index contributed by atoms with van der Waals surface area (Å²) in [7, 11) is 1.53. The van der Waals surface area contributed by atoms with Gasteiger partial charge in [-0.25, -0.2) is 13.2 Å². The number of hydrogen-bond acceptors (Lipinski definition) is 2. The largest absolute Gasteiger partial charge is 0.322 e. The van der Waals surface area contributed by atoms with Crippen molar-refractivity contribution in [3.05, 3.63) is 29.6 Å². The molecule has 0 fully saturated rings. The number of carbonyl (C=O) groups excluding carboxylic acids is 1. The zero-order chi connectivity index (χ0) is 12.3. The van der Waals surface area contributed by atoms with Crippen LogP contribution in [0.1, 0.15) is 6.92 Å². The van der Waals surface area contributed by atoms with Crippen LogP contribution in [0.2, 0.25) is 0 Å². The molecule has 1 atom stereocenters. The number of carbonyl (C=O) groups is 1. The van der Waals surface area contributed by atoms with Gasteiger partial charge in [0.05, 0.1) is 11.7 Å². The Hall–Kier alpha value is -1.56. The molecule has 6 heteroatoms. The van der Waals surface area contributed by atoms with E-state index >= 15 is 0 Å². The van der Waals surface area contributed by atoms with Crippen LogP contribution in [-0.4, -0.2) is 19.0 Å². The predicted octanol–water partition coefficient (Wildman–Crippen LogP) is 1.65. The molecule has 0 aliphatic rings. The van der Waals surface area contributed by atoms with E-state index in [9.17, 15) is 18.0 Å². The summed E-state index contributed by atoms with van der Waals surface area (Å²) in [5.74, 6) is -4.15. The predicted molar refractivity (Wildman–Crippen MR) is 53.5 cm³/mol. The van der Waals surface area contributed by atoms with Crippen molar-refractivity contribution in [3.8, 4) is 0 Å². The van der Waals surface area contributed by atoms with E-state index in [2.05, 4.69) is 10.6 Å². The second-order valence-electron chi connectivity index (χ2n) is 3.25. The van der Waals surface area contributed by atoms with Gasteiger partial charge in [0.2, 0.25) is 5.91 Å². The van der Waals surface area contributed by atoms with E-state index < -0.39 is 35.1 Å². The number of hydrogen-bond donors (Lipinski definition) is 2. The molecule has 2 N–H and O–H groups in total. The van der Waals surface area contributed by atoms with Gasteiger partial charge in [0.15, 0.2) is 11.6 Å². The summed E-state index contributed by atoms with van der Waals surface area (Å²) >= 11 is 0. The van der Waals surface area contributed by atoms with Gasteiger partial charge in [-0.15, -0.1) is 0 Å². The number of likely N-dealkylation sites (N-methyl/N-ethyl adjacent to an activating group) is 1. The van der Waals surface area contributed by atoms with Crippen LogP contribution in [0.5, 0.6) is 0 Å². The first-order valence-corrected chi connectivity index (χ1v) is 4.58. The lowest BCUT2D eigenvalue weighted by Crippen LogP contribution is -2.35. The first-order chi connectivity index (χ1) is 7.45. The highest BCUT2D eigenvalue weighted by Crippen LogP contribution is 2.19. The third kappa shape index (κ3) is 2.73. The summed E-state index contributed by atoms with van der Waals surface area (Å²) in [5, 5.41) is 4.70. The molecule has 0 heterocycles. The van der Waals surface area contributed by atoms with Crippen LogP contribution in [0.4, 0.5) is 18.9 Å².